The molecule has 0 atom stereocenters. The van der Waals surface area contributed by atoms with Crippen LogP contribution in [0.1, 0.15) is 19.3 Å². The van der Waals surface area contributed by atoms with Crippen LogP contribution in [0.2, 0.25) is 0 Å². The van der Waals surface area contributed by atoms with Crippen LogP contribution in [0.25, 0.3) is 0 Å². The maximum atomic E-state index is 11.1. The third-order valence-corrected chi connectivity index (χ3v) is 2.38. The Morgan fingerprint density at radius 1 is 1.67 bits per heavy atom. The van der Waals surface area contributed by atoms with E-state index in [1.54, 1.807) is 0 Å². The van der Waals surface area contributed by atoms with Crippen LogP contribution < -0.4 is 11.1 Å². The zero-order valence-electron chi connectivity index (χ0n) is 7.43. The third kappa shape index (κ3) is 1.95. The zero-order valence-corrected chi connectivity index (χ0v) is 7.43. The van der Waals surface area contributed by atoms with Crippen molar-refractivity contribution < 1.29 is 9.53 Å². The number of nitrogens with one attached hydrogen (secondary N) is 1. The lowest BCUT2D eigenvalue weighted by Gasteiger charge is -2.41. The predicted octanol–water partition coefficient (Wildman–Crippen LogP) is -0.370. The molecule has 1 aliphatic rings. The Bertz CT molecular complexity index is 161. The number of ether oxygens (including phenoxy) is 1. The minimum absolute atomic E-state index is 0.0670. The summed E-state index contributed by atoms with van der Waals surface area (Å²) >= 11 is 0. The number of nitrogens with two attached hydrogens (primary N) is 1. The molecule has 0 unspecified atom stereocenters. The van der Waals surface area contributed by atoms with Crippen molar-refractivity contribution in [1.29, 1.82) is 0 Å². The van der Waals surface area contributed by atoms with Gasteiger partial charge in [-0.3, -0.25) is 4.79 Å². The predicted molar refractivity (Wildman–Crippen MR) is 45.7 cm³/mol. The van der Waals surface area contributed by atoms with Crippen molar-refractivity contribution in [2.45, 2.75) is 24.8 Å². The maximum absolute atomic E-state index is 11.1. The Hall–Kier alpha value is -0.610. The summed E-state index contributed by atoms with van der Waals surface area (Å²) in [4.78, 5) is 11.1. The second-order valence-electron chi connectivity index (χ2n) is 3.32. The molecule has 3 N–H and O–H groups in total. The highest BCUT2D eigenvalue weighted by atomic mass is 16.5. The van der Waals surface area contributed by atoms with E-state index >= 15 is 0 Å². The first-order valence-corrected chi connectivity index (χ1v) is 4.22. The Kier molecular flexibility index (Phi) is 3.05. The molecular formula is C8H16N2O2. The Labute approximate surface area is 72.5 Å². The maximum Gasteiger partial charge on any atom is 0.246 e. The van der Waals surface area contributed by atoms with Gasteiger partial charge in [0, 0.05) is 13.7 Å². The third-order valence-electron chi connectivity index (χ3n) is 2.38. The molecule has 1 rings (SSSR count). The minimum Gasteiger partial charge on any atom is -0.375 e. The number of methoxy groups -OCH3 is 1. The lowest BCUT2D eigenvalue weighted by Crippen LogP contribution is -2.58. The second kappa shape index (κ2) is 3.87. The topological polar surface area (TPSA) is 64.3 Å². The van der Waals surface area contributed by atoms with Crippen molar-refractivity contribution in [3.05, 3.63) is 0 Å². The van der Waals surface area contributed by atoms with Gasteiger partial charge in [-0.2, -0.15) is 0 Å². The van der Waals surface area contributed by atoms with Gasteiger partial charge >= 0.3 is 0 Å². The highest BCUT2D eigenvalue weighted by molar-refractivity contribution is 5.78. The van der Waals surface area contributed by atoms with E-state index in [0.29, 0.717) is 6.54 Å². The molecule has 0 radical (unpaired) electrons. The molecule has 0 aliphatic heterocycles. The Morgan fingerprint density at radius 2 is 2.33 bits per heavy atom. The summed E-state index contributed by atoms with van der Waals surface area (Å²) in [6.07, 6.45) is 3.16. The van der Waals surface area contributed by atoms with Gasteiger partial charge in [-0.25, -0.2) is 0 Å². The SMILES string of the molecule is COCC(=O)NC1(CN)CCC1. The van der Waals surface area contributed by atoms with Gasteiger partial charge in [-0.05, 0) is 19.3 Å². The molecule has 0 aromatic carbocycles. The molecule has 0 saturated heterocycles. The number of amides is 1. The quantitative estimate of drug-likeness (QED) is 0.608. The van der Waals surface area contributed by atoms with Gasteiger partial charge in [0.1, 0.15) is 6.61 Å². The number of rotatable bonds is 4. The molecule has 12 heavy (non-hydrogen) atoms. The molecule has 0 spiro atoms. The van der Waals surface area contributed by atoms with Crippen LogP contribution in [0, 0.1) is 0 Å². The number of hydrogen-bond donors (Lipinski definition) is 2. The second-order valence-corrected chi connectivity index (χ2v) is 3.32. The number of hydrogen-bond acceptors (Lipinski definition) is 3. The summed E-state index contributed by atoms with van der Waals surface area (Å²) < 4.78 is 4.71. The van der Waals surface area contributed by atoms with Gasteiger partial charge < -0.3 is 15.8 Å². The molecule has 1 amide bonds. The molecule has 1 aliphatic carbocycles. The van der Waals surface area contributed by atoms with Crippen molar-refractivity contribution in [2.24, 2.45) is 5.73 Å². The lowest BCUT2D eigenvalue weighted by molar-refractivity contribution is -0.127. The van der Waals surface area contributed by atoms with Crippen molar-refractivity contribution in [2.75, 3.05) is 20.3 Å². The first-order chi connectivity index (χ1) is 5.72. The summed E-state index contributed by atoms with van der Waals surface area (Å²) in [7, 11) is 1.51. The molecule has 0 aromatic heterocycles. The fourth-order valence-corrected chi connectivity index (χ4v) is 1.45. The van der Waals surface area contributed by atoms with Crippen LogP contribution in [0.15, 0.2) is 0 Å². The van der Waals surface area contributed by atoms with Crippen molar-refractivity contribution >= 4 is 5.91 Å². The van der Waals surface area contributed by atoms with Crippen LogP contribution in [-0.2, 0) is 9.53 Å². The van der Waals surface area contributed by atoms with Gasteiger partial charge in [-0.1, -0.05) is 0 Å². The summed E-state index contributed by atoms with van der Waals surface area (Å²) in [6.45, 7) is 0.657. The van der Waals surface area contributed by atoms with Gasteiger partial charge in [0.05, 0.1) is 5.54 Å². The summed E-state index contributed by atoms with van der Waals surface area (Å²) in [6, 6.07) is 0. The van der Waals surface area contributed by atoms with Crippen LogP contribution in [0.3, 0.4) is 0 Å². The number of carbonyl (C=O) groups is 1. The molecule has 1 saturated carbocycles. The largest absolute Gasteiger partial charge is 0.375 e. The number of carbonyl (C=O) groups excluding carboxylic acids is 1. The Balaban J connectivity index is 2.32. The van der Waals surface area contributed by atoms with E-state index in [2.05, 4.69) is 5.32 Å². The van der Waals surface area contributed by atoms with E-state index in [4.69, 9.17) is 10.5 Å². The fourth-order valence-electron chi connectivity index (χ4n) is 1.45. The van der Waals surface area contributed by atoms with E-state index in [1.165, 1.54) is 7.11 Å². The summed E-state index contributed by atoms with van der Waals surface area (Å²) in [5, 5.41) is 2.89. The average Bonchev–Trinajstić information content (AvgIpc) is 1.97. The van der Waals surface area contributed by atoms with Crippen LogP contribution >= 0.6 is 0 Å². The van der Waals surface area contributed by atoms with E-state index in [0.717, 1.165) is 19.3 Å². The fraction of sp³-hybridized carbons (Fsp3) is 0.875. The molecule has 1 fully saturated rings. The van der Waals surface area contributed by atoms with E-state index in [9.17, 15) is 4.79 Å². The monoisotopic (exact) mass is 172 g/mol. The first-order valence-electron chi connectivity index (χ1n) is 4.22. The zero-order chi connectivity index (χ0) is 9.03. The van der Waals surface area contributed by atoms with Crippen molar-refractivity contribution in [3.63, 3.8) is 0 Å². The van der Waals surface area contributed by atoms with E-state index in [1.807, 2.05) is 0 Å². The summed E-state index contributed by atoms with van der Waals surface area (Å²) in [5.41, 5.74) is 5.44. The molecular weight excluding hydrogens is 156 g/mol. The first kappa shape index (κ1) is 9.48. The average molecular weight is 172 g/mol. The van der Waals surface area contributed by atoms with Crippen molar-refractivity contribution in [1.82, 2.24) is 5.32 Å². The highest BCUT2D eigenvalue weighted by Gasteiger charge is 2.36. The molecule has 0 bridgehead atoms. The summed E-state index contributed by atoms with van der Waals surface area (Å²) in [5.74, 6) is -0.0670. The van der Waals surface area contributed by atoms with Gasteiger partial charge in [-0.15, -0.1) is 0 Å². The van der Waals surface area contributed by atoms with Gasteiger partial charge in [0.25, 0.3) is 0 Å². The smallest absolute Gasteiger partial charge is 0.246 e. The van der Waals surface area contributed by atoms with E-state index < -0.39 is 0 Å². The Morgan fingerprint density at radius 3 is 2.67 bits per heavy atom. The van der Waals surface area contributed by atoms with Gasteiger partial charge in [0.2, 0.25) is 5.91 Å². The molecule has 4 nitrogen and oxygen atoms in total. The van der Waals surface area contributed by atoms with Crippen LogP contribution in [-0.4, -0.2) is 31.7 Å². The minimum atomic E-state index is -0.115. The van der Waals surface area contributed by atoms with Crippen LogP contribution in [0.5, 0.6) is 0 Å². The molecule has 0 heterocycles. The molecule has 70 valence electrons. The molecule has 0 aromatic rings. The highest BCUT2D eigenvalue weighted by Crippen LogP contribution is 2.30. The van der Waals surface area contributed by atoms with Crippen LogP contribution in [0.4, 0.5) is 0 Å². The standard InChI is InChI=1S/C8H16N2O2/c1-12-5-7(11)10-8(6-9)3-2-4-8/h2-6,9H2,1H3,(H,10,11). The van der Waals surface area contributed by atoms with Crippen molar-refractivity contribution in [3.8, 4) is 0 Å². The van der Waals surface area contributed by atoms with Gasteiger partial charge in [0.15, 0.2) is 0 Å². The normalized spacial score (nSPS) is 19.8. The van der Waals surface area contributed by atoms with E-state index in [-0.39, 0.29) is 18.1 Å². The molecule has 4 heteroatoms. The lowest BCUT2D eigenvalue weighted by atomic mass is 9.77.